The summed E-state index contributed by atoms with van der Waals surface area (Å²) < 4.78 is 34.3. The Morgan fingerprint density at radius 2 is 1.62 bits per heavy atom. The van der Waals surface area contributed by atoms with Crippen molar-refractivity contribution in [3.8, 4) is 17.1 Å². The van der Waals surface area contributed by atoms with Gasteiger partial charge in [0.2, 0.25) is 0 Å². The predicted molar refractivity (Wildman–Crippen MR) is 101 cm³/mol. The quantitative estimate of drug-likeness (QED) is 0.466. The average molecular weight is 316 g/mol. The molecule has 0 aliphatic rings. The number of aromatic nitrogens is 2. The van der Waals surface area contributed by atoms with Crippen molar-refractivity contribution in [2.24, 2.45) is 0 Å². The van der Waals surface area contributed by atoms with Gasteiger partial charge in [-0.1, -0.05) is 74.4 Å². The Morgan fingerprint density at radius 1 is 0.917 bits per heavy atom. The fourth-order valence-corrected chi connectivity index (χ4v) is 3.04. The highest BCUT2D eigenvalue weighted by molar-refractivity contribution is 5.83. The largest absolute Gasteiger partial charge is 0.292 e. The molecule has 4 aromatic rings. The van der Waals surface area contributed by atoms with Gasteiger partial charge in [-0.05, 0) is 29.7 Å². The Kier molecular flexibility index (Phi) is 2.69. The van der Waals surface area contributed by atoms with Gasteiger partial charge in [0, 0.05) is 11.0 Å². The van der Waals surface area contributed by atoms with E-state index >= 15 is 0 Å². The molecule has 0 spiro atoms. The lowest BCUT2D eigenvalue weighted by Crippen LogP contribution is -2.03. The number of imidazole rings is 1. The van der Waals surface area contributed by atoms with E-state index < -0.39 is 12.7 Å². The summed E-state index contributed by atoms with van der Waals surface area (Å²) in [4.78, 5) is 4.81. The maximum absolute atomic E-state index is 8.65. The monoisotopic (exact) mass is 316 g/mol. The molecule has 118 valence electrons. The van der Waals surface area contributed by atoms with Gasteiger partial charge in [-0.3, -0.25) is 4.57 Å². The van der Waals surface area contributed by atoms with Crippen LogP contribution in [0.3, 0.4) is 0 Å². The van der Waals surface area contributed by atoms with Crippen molar-refractivity contribution in [3.05, 3.63) is 84.4 Å². The molecule has 0 fully saturated rings. The molecule has 1 heterocycles. The van der Waals surface area contributed by atoms with Crippen molar-refractivity contribution in [2.45, 2.75) is 19.7 Å². The van der Waals surface area contributed by atoms with Gasteiger partial charge >= 0.3 is 0 Å². The highest BCUT2D eigenvalue weighted by atomic mass is 15.1. The first-order valence-corrected chi connectivity index (χ1v) is 7.93. The van der Waals surface area contributed by atoms with Crippen LogP contribution < -0.4 is 0 Å². The van der Waals surface area contributed by atoms with Crippen LogP contribution in [0.4, 0.5) is 0 Å². The van der Waals surface area contributed by atoms with E-state index in [2.05, 4.69) is 0 Å². The molecule has 1 unspecified atom stereocenters. The van der Waals surface area contributed by atoms with Crippen LogP contribution in [0.15, 0.2) is 78.9 Å². The van der Waals surface area contributed by atoms with Crippen LogP contribution in [-0.4, -0.2) is 9.55 Å². The first kappa shape index (κ1) is 10.8. The van der Waals surface area contributed by atoms with E-state index in [1.54, 1.807) is 12.1 Å². The zero-order chi connectivity index (χ0) is 19.9. The minimum atomic E-state index is -2.47. The molecule has 2 nitrogen and oxygen atoms in total. The summed E-state index contributed by atoms with van der Waals surface area (Å²) in [5, 5.41) is 0. The maximum Gasteiger partial charge on any atom is 0.145 e. The van der Waals surface area contributed by atoms with Crippen molar-refractivity contribution in [3.63, 3.8) is 0 Å². The Balaban J connectivity index is 2.07. The number of fused-ring (bicyclic) bond motifs is 1. The molecular formula is C22H20N2. The van der Waals surface area contributed by atoms with E-state index in [0.29, 0.717) is 11.3 Å². The zero-order valence-electron chi connectivity index (χ0n) is 17.4. The zero-order valence-corrected chi connectivity index (χ0v) is 13.4. The van der Waals surface area contributed by atoms with Gasteiger partial charge in [0.15, 0.2) is 0 Å². The van der Waals surface area contributed by atoms with E-state index in [9.17, 15) is 0 Å². The van der Waals surface area contributed by atoms with Crippen LogP contribution in [0.5, 0.6) is 0 Å². The SMILES string of the molecule is [2H]C([2H])([2H])C([2H])(C)c1ccccc1-n1c(-c2ccccc2)nc2ccccc21. The lowest BCUT2D eigenvalue weighted by Gasteiger charge is -2.16. The summed E-state index contributed by atoms with van der Waals surface area (Å²) >= 11 is 0. The second-order valence-corrected chi connectivity index (χ2v) is 5.77. The van der Waals surface area contributed by atoms with Crippen LogP contribution in [-0.2, 0) is 0 Å². The Labute approximate surface area is 148 Å². The maximum atomic E-state index is 8.65. The van der Waals surface area contributed by atoms with Crippen LogP contribution in [0.1, 0.15) is 30.7 Å². The summed E-state index contributed by atoms with van der Waals surface area (Å²) in [6, 6.07) is 24.8. The normalized spacial score (nSPS) is 16.7. The van der Waals surface area contributed by atoms with Crippen LogP contribution in [0.25, 0.3) is 28.1 Å². The molecule has 0 bridgehead atoms. The molecule has 1 aromatic heterocycles. The summed E-state index contributed by atoms with van der Waals surface area (Å²) in [6.07, 6.45) is 0. The molecule has 3 aromatic carbocycles. The summed E-state index contributed by atoms with van der Waals surface area (Å²) in [5.74, 6) is -1.04. The molecule has 0 aliphatic heterocycles. The molecule has 1 atom stereocenters. The number of hydrogen-bond acceptors (Lipinski definition) is 1. The number of nitrogens with zero attached hydrogens (tertiary/aromatic N) is 2. The number of hydrogen-bond donors (Lipinski definition) is 0. The molecule has 0 aliphatic carbocycles. The van der Waals surface area contributed by atoms with Crippen LogP contribution in [0.2, 0.25) is 0 Å². The van der Waals surface area contributed by atoms with Crippen molar-refractivity contribution < 1.29 is 5.48 Å². The lowest BCUT2D eigenvalue weighted by molar-refractivity contribution is 0.851. The second-order valence-electron chi connectivity index (χ2n) is 5.77. The third kappa shape index (κ3) is 2.41. The van der Waals surface area contributed by atoms with Crippen LogP contribution >= 0.6 is 0 Å². The van der Waals surface area contributed by atoms with Gasteiger partial charge in [0.25, 0.3) is 0 Å². The number of rotatable bonds is 3. The standard InChI is InChI=1S/C22H20N2/c1-16(2)18-12-6-8-14-20(18)24-21-15-9-7-13-19(21)23-22(24)17-10-4-3-5-11-17/h3-16H,1-2H3/i1D3,16D. The third-order valence-electron chi connectivity index (χ3n) is 4.14. The fraction of sp³-hybridized carbons (Fsp3) is 0.136. The van der Waals surface area contributed by atoms with Crippen molar-refractivity contribution >= 4 is 11.0 Å². The first-order valence-electron chi connectivity index (χ1n) is 9.93. The molecule has 0 amide bonds. The summed E-state index contributed by atoms with van der Waals surface area (Å²) in [7, 11) is 0. The van der Waals surface area contributed by atoms with Gasteiger partial charge in [-0.25, -0.2) is 4.98 Å². The van der Waals surface area contributed by atoms with Crippen molar-refractivity contribution in [1.29, 1.82) is 0 Å². The second kappa shape index (κ2) is 5.97. The van der Waals surface area contributed by atoms with Gasteiger partial charge in [0.05, 0.1) is 16.7 Å². The number of benzene rings is 3. The Hall–Kier alpha value is -2.87. The van der Waals surface area contributed by atoms with Crippen molar-refractivity contribution in [1.82, 2.24) is 9.55 Å². The van der Waals surface area contributed by atoms with Crippen LogP contribution in [0, 0.1) is 0 Å². The molecule has 0 radical (unpaired) electrons. The summed E-state index contributed by atoms with van der Waals surface area (Å²) in [6.45, 7) is -1.02. The number of para-hydroxylation sites is 3. The van der Waals surface area contributed by atoms with E-state index in [4.69, 9.17) is 10.5 Å². The lowest BCUT2D eigenvalue weighted by atomic mass is 10.0. The minimum absolute atomic E-state index is 0.440. The van der Waals surface area contributed by atoms with E-state index in [-0.39, 0.29) is 0 Å². The third-order valence-corrected chi connectivity index (χ3v) is 4.14. The van der Waals surface area contributed by atoms with E-state index in [1.165, 1.54) is 6.92 Å². The van der Waals surface area contributed by atoms with Crippen molar-refractivity contribution in [2.75, 3.05) is 0 Å². The molecule has 4 rings (SSSR count). The predicted octanol–water partition coefficient (Wildman–Crippen LogP) is 5.82. The van der Waals surface area contributed by atoms with Gasteiger partial charge in [-0.15, -0.1) is 0 Å². The van der Waals surface area contributed by atoms with Gasteiger partial charge < -0.3 is 0 Å². The molecule has 24 heavy (non-hydrogen) atoms. The smallest absolute Gasteiger partial charge is 0.145 e. The molecule has 0 N–H and O–H groups in total. The molecular weight excluding hydrogens is 292 g/mol. The topological polar surface area (TPSA) is 17.8 Å². The van der Waals surface area contributed by atoms with Gasteiger partial charge in [0.1, 0.15) is 5.82 Å². The first-order chi connectivity index (χ1) is 13.3. The highest BCUT2D eigenvalue weighted by Crippen LogP contribution is 2.32. The van der Waals surface area contributed by atoms with E-state index in [0.717, 1.165) is 22.4 Å². The highest BCUT2D eigenvalue weighted by Gasteiger charge is 2.17. The Bertz CT molecular complexity index is 1130. The average Bonchev–Trinajstić information content (AvgIpc) is 3.07. The molecule has 2 heteroatoms. The molecule has 0 saturated heterocycles. The van der Waals surface area contributed by atoms with E-state index in [1.807, 2.05) is 71.3 Å². The molecule has 0 saturated carbocycles. The summed E-state index contributed by atoms with van der Waals surface area (Å²) in [5.41, 5.74) is 3.71. The minimum Gasteiger partial charge on any atom is -0.292 e. The fourth-order valence-electron chi connectivity index (χ4n) is 3.04. The van der Waals surface area contributed by atoms with Gasteiger partial charge in [-0.2, -0.15) is 0 Å². The Morgan fingerprint density at radius 3 is 2.46 bits per heavy atom.